The number of rotatable bonds is 29. The SMILES string of the molecule is CC(NC(=O)COCCOCCCC(=O)COCCOCCNC(=O)CCC(CC(=O)CCCC(=O)O)C(=O)O)C(=O)O. The molecule has 0 aliphatic heterocycles. The van der Waals surface area contributed by atoms with E-state index in [0.717, 1.165) is 0 Å². The summed E-state index contributed by atoms with van der Waals surface area (Å²) in [6.07, 6.45) is 0.327. The van der Waals surface area contributed by atoms with E-state index < -0.39 is 35.8 Å². The topological polar surface area (TPSA) is 241 Å². The number of carboxylic acids is 3. The van der Waals surface area contributed by atoms with E-state index >= 15 is 0 Å². The fourth-order valence-corrected chi connectivity index (χ4v) is 3.36. The lowest BCUT2D eigenvalue weighted by Gasteiger charge is -2.12. The van der Waals surface area contributed by atoms with E-state index in [1.54, 1.807) is 0 Å². The minimum absolute atomic E-state index is 0.0198. The number of hydrogen-bond donors (Lipinski definition) is 5. The third kappa shape index (κ3) is 24.8. The monoisotopic (exact) mass is 620 g/mol. The van der Waals surface area contributed by atoms with Crippen LogP contribution in [0.2, 0.25) is 0 Å². The molecule has 0 aliphatic carbocycles. The second-order valence-electron chi connectivity index (χ2n) is 9.51. The standard InChI is InChI=1S/C27H44N2O14/c1-19(26(36)37)29-24(33)18-43-15-12-40-10-3-5-22(31)17-42-14-13-41-11-9-28-23(32)8-7-20(27(38)39)16-21(30)4-2-6-25(34)35/h19-20H,2-18H2,1H3,(H,28,32)(H,29,33)(H,34,35)(H,36,37)(H,38,39). The van der Waals surface area contributed by atoms with E-state index in [2.05, 4.69) is 10.6 Å². The number of amides is 2. The number of hydrogen-bond acceptors (Lipinski definition) is 11. The van der Waals surface area contributed by atoms with Gasteiger partial charge in [0.1, 0.15) is 25.0 Å². The lowest BCUT2D eigenvalue weighted by Crippen LogP contribution is -2.40. The van der Waals surface area contributed by atoms with Crippen molar-refractivity contribution in [2.75, 3.05) is 59.4 Å². The lowest BCUT2D eigenvalue weighted by atomic mass is 9.95. The number of ether oxygens (including phenoxy) is 4. The number of ketones is 2. The van der Waals surface area contributed by atoms with Gasteiger partial charge in [0.05, 0.1) is 39.0 Å². The summed E-state index contributed by atoms with van der Waals surface area (Å²) in [7, 11) is 0. The zero-order valence-electron chi connectivity index (χ0n) is 24.5. The second-order valence-corrected chi connectivity index (χ2v) is 9.51. The fourth-order valence-electron chi connectivity index (χ4n) is 3.36. The predicted molar refractivity (Wildman–Crippen MR) is 147 cm³/mol. The highest BCUT2D eigenvalue weighted by atomic mass is 16.5. The quantitative estimate of drug-likeness (QED) is 0.0681. The van der Waals surface area contributed by atoms with Crippen molar-refractivity contribution in [2.45, 2.75) is 64.3 Å². The minimum atomic E-state index is -1.19. The van der Waals surface area contributed by atoms with Crippen molar-refractivity contribution in [2.24, 2.45) is 5.92 Å². The van der Waals surface area contributed by atoms with Gasteiger partial charge in [-0.15, -0.1) is 0 Å². The molecule has 0 radical (unpaired) electrons. The minimum Gasteiger partial charge on any atom is -0.481 e. The van der Waals surface area contributed by atoms with Crippen molar-refractivity contribution in [3.05, 3.63) is 0 Å². The summed E-state index contributed by atoms with van der Waals surface area (Å²) in [6.45, 7) is 2.38. The molecule has 5 N–H and O–H groups in total. The number of carbonyl (C=O) groups is 7. The number of nitrogens with one attached hydrogen (secondary N) is 2. The number of Topliss-reactive ketones (excluding diaryl/α,β-unsaturated/α-hetero) is 2. The first-order valence-electron chi connectivity index (χ1n) is 14.0. The zero-order chi connectivity index (χ0) is 32.5. The van der Waals surface area contributed by atoms with Gasteiger partial charge in [-0.25, -0.2) is 0 Å². The van der Waals surface area contributed by atoms with E-state index in [4.69, 9.17) is 29.2 Å². The highest BCUT2D eigenvalue weighted by Gasteiger charge is 2.22. The molecule has 2 atom stereocenters. The molecule has 246 valence electrons. The summed E-state index contributed by atoms with van der Waals surface area (Å²) >= 11 is 0. The maximum Gasteiger partial charge on any atom is 0.325 e. The smallest absolute Gasteiger partial charge is 0.325 e. The van der Waals surface area contributed by atoms with Gasteiger partial charge in [-0.1, -0.05) is 0 Å². The molecule has 0 bridgehead atoms. The van der Waals surface area contributed by atoms with Crippen LogP contribution >= 0.6 is 0 Å². The lowest BCUT2D eigenvalue weighted by molar-refractivity contribution is -0.144. The Hall–Kier alpha value is -3.47. The maximum atomic E-state index is 11.9. The van der Waals surface area contributed by atoms with Crippen LogP contribution in [0, 0.1) is 5.92 Å². The van der Waals surface area contributed by atoms with Crippen LogP contribution in [0.3, 0.4) is 0 Å². The van der Waals surface area contributed by atoms with Crippen molar-refractivity contribution in [1.29, 1.82) is 0 Å². The summed E-state index contributed by atoms with van der Waals surface area (Å²) in [5.74, 6) is -5.77. The largest absolute Gasteiger partial charge is 0.481 e. The van der Waals surface area contributed by atoms with Crippen molar-refractivity contribution < 1.29 is 67.8 Å². The molecule has 0 aromatic heterocycles. The molecule has 0 fully saturated rings. The molecule has 16 nitrogen and oxygen atoms in total. The maximum absolute atomic E-state index is 11.9. The zero-order valence-corrected chi connectivity index (χ0v) is 24.5. The number of carboxylic acid groups (broad SMARTS) is 3. The molecule has 0 saturated heterocycles. The third-order valence-electron chi connectivity index (χ3n) is 5.69. The van der Waals surface area contributed by atoms with Crippen molar-refractivity contribution in [3.63, 3.8) is 0 Å². The van der Waals surface area contributed by atoms with E-state index in [-0.39, 0.29) is 115 Å². The molecule has 0 rings (SSSR count). The van der Waals surface area contributed by atoms with Gasteiger partial charge in [-0.05, 0) is 26.2 Å². The van der Waals surface area contributed by atoms with Crippen molar-refractivity contribution in [3.8, 4) is 0 Å². The Morgan fingerprint density at radius 3 is 1.86 bits per heavy atom. The van der Waals surface area contributed by atoms with Gasteiger partial charge in [0.2, 0.25) is 11.8 Å². The van der Waals surface area contributed by atoms with Gasteiger partial charge in [-0.3, -0.25) is 33.6 Å². The van der Waals surface area contributed by atoms with Crippen molar-refractivity contribution >= 4 is 41.3 Å². The number of carbonyl (C=O) groups excluding carboxylic acids is 4. The average Bonchev–Trinajstić information content (AvgIpc) is 2.93. The summed E-state index contributed by atoms with van der Waals surface area (Å²) in [4.78, 5) is 79.6. The van der Waals surface area contributed by atoms with E-state index in [9.17, 15) is 38.7 Å². The molecule has 0 aromatic rings. The van der Waals surface area contributed by atoms with Gasteiger partial charge in [0.15, 0.2) is 5.78 Å². The molecule has 0 spiro atoms. The van der Waals surface area contributed by atoms with Crippen LogP contribution in [0.25, 0.3) is 0 Å². The van der Waals surface area contributed by atoms with Crippen LogP contribution < -0.4 is 10.6 Å². The molecule has 0 aliphatic rings. The molecular weight excluding hydrogens is 576 g/mol. The Bertz CT molecular complexity index is 895. The highest BCUT2D eigenvalue weighted by Crippen LogP contribution is 2.14. The Morgan fingerprint density at radius 2 is 1.23 bits per heavy atom. The molecule has 0 aromatic carbocycles. The summed E-state index contributed by atoms with van der Waals surface area (Å²) < 4.78 is 20.9. The highest BCUT2D eigenvalue weighted by molar-refractivity contribution is 5.85. The summed E-state index contributed by atoms with van der Waals surface area (Å²) in [5, 5.41) is 31.4. The van der Waals surface area contributed by atoms with Gasteiger partial charge < -0.3 is 44.9 Å². The average molecular weight is 621 g/mol. The first-order chi connectivity index (χ1) is 20.4. The Labute approximate surface area is 249 Å². The van der Waals surface area contributed by atoms with Crippen LogP contribution in [0.15, 0.2) is 0 Å². The number of aliphatic carboxylic acids is 3. The van der Waals surface area contributed by atoms with Crippen LogP contribution in [0.4, 0.5) is 0 Å². The van der Waals surface area contributed by atoms with Gasteiger partial charge in [0.25, 0.3) is 0 Å². The molecule has 43 heavy (non-hydrogen) atoms. The summed E-state index contributed by atoms with van der Waals surface area (Å²) in [6, 6.07) is -1.00. The second kappa shape index (κ2) is 25.1. The van der Waals surface area contributed by atoms with Gasteiger partial charge in [0, 0.05) is 45.3 Å². The van der Waals surface area contributed by atoms with Crippen LogP contribution in [-0.4, -0.2) is 122 Å². The van der Waals surface area contributed by atoms with Gasteiger partial charge >= 0.3 is 17.9 Å². The Morgan fingerprint density at radius 1 is 0.628 bits per heavy atom. The van der Waals surface area contributed by atoms with Crippen LogP contribution in [0.1, 0.15) is 58.3 Å². The van der Waals surface area contributed by atoms with Gasteiger partial charge in [-0.2, -0.15) is 0 Å². The molecule has 0 heterocycles. The first-order valence-corrected chi connectivity index (χ1v) is 14.0. The van der Waals surface area contributed by atoms with Crippen LogP contribution in [0.5, 0.6) is 0 Å². The third-order valence-corrected chi connectivity index (χ3v) is 5.69. The molecule has 2 amide bonds. The van der Waals surface area contributed by atoms with Crippen LogP contribution in [-0.2, 0) is 52.5 Å². The van der Waals surface area contributed by atoms with E-state index in [1.165, 1.54) is 6.92 Å². The van der Waals surface area contributed by atoms with E-state index in [1.807, 2.05) is 0 Å². The molecule has 0 saturated carbocycles. The summed E-state index contributed by atoms with van der Waals surface area (Å²) in [5.41, 5.74) is 0. The predicted octanol–water partition coefficient (Wildman–Crippen LogP) is -0.197. The van der Waals surface area contributed by atoms with E-state index in [0.29, 0.717) is 13.0 Å². The van der Waals surface area contributed by atoms with Crippen molar-refractivity contribution in [1.82, 2.24) is 10.6 Å². The Balaban J connectivity index is 3.68. The fraction of sp³-hybridized carbons (Fsp3) is 0.741. The first kappa shape index (κ1) is 39.5. The Kier molecular flexibility index (Phi) is 23.0. The molecule has 2 unspecified atom stereocenters. The normalized spacial score (nSPS) is 12.2. The molecule has 16 heteroatoms. The molecular formula is C27H44N2O14.